The smallest absolute Gasteiger partial charge is 0.234 e. The van der Waals surface area contributed by atoms with E-state index in [0.29, 0.717) is 19.5 Å². The Bertz CT molecular complexity index is 468. The molecular formula is C16H25N3O2S. The van der Waals surface area contributed by atoms with Gasteiger partial charge in [-0.1, -0.05) is 6.07 Å². The second-order valence-corrected chi connectivity index (χ2v) is 6.58. The van der Waals surface area contributed by atoms with Crippen molar-refractivity contribution in [2.75, 3.05) is 39.3 Å². The van der Waals surface area contributed by atoms with Crippen LogP contribution in [0.15, 0.2) is 17.5 Å². The second-order valence-electron chi connectivity index (χ2n) is 5.54. The minimum atomic E-state index is 0.0678. The maximum Gasteiger partial charge on any atom is 0.234 e. The van der Waals surface area contributed by atoms with E-state index >= 15 is 0 Å². The number of rotatable bonds is 7. The number of amides is 2. The molecule has 0 saturated carbocycles. The normalized spacial score (nSPS) is 15.8. The Labute approximate surface area is 136 Å². The van der Waals surface area contributed by atoms with Gasteiger partial charge in [-0.05, 0) is 31.2 Å². The minimum Gasteiger partial charge on any atom is -0.355 e. The van der Waals surface area contributed by atoms with Crippen molar-refractivity contribution >= 4 is 23.2 Å². The molecule has 0 aromatic carbocycles. The van der Waals surface area contributed by atoms with Crippen LogP contribution in [0, 0.1) is 0 Å². The molecule has 1 N–H and O–H groups in total. The van der Waals surface area contributed by atoms with Gasteiger partial charge in [-0.2, -0.15) is 0 Å². The summed E-state index contributed by atoms with van der Waals surface area (Å²) >= 11 is 1.75. The molecule has 0 aliphatic carbocycles. The van der Waals surface area contributed by atoms with Crippen LogP contribution in [0.4, 0.5) is 0 Å². The number of hydrogen-bond acceptors (Lipinski definition) is 4. The first kappa shape index (κ1) is 17.0. The summed E-state index contributed by atoms with van der Waals surface area (Å²) in [7, 11) is 0. The molecule has 2 heterocycles. The summed E-state index contributed by atoms with van der Waals surface area (Å²) in [5.41, 5.74) is 0. The van der Waals surface area contributed by atoms with Gasteiger partial charge in [0.15, 0.2) is 0 Å². The maximum absolute atomic E-state index is 12.2. The Kier molecular flexibility index (Phi) is 6.86. The molecule has 122 valence electrons. The number of carbonyl (C=O) groups excluding carboxylic acids is 2. The molecule has 1 aliphatic heterocycles. The largest absolute Gasteiger partial charge is 0.355 e. The highest BCUT2D eigenvalue weighted by molar-refractivity contribution is 7.09. The molecule has 6 heteroatoms. The van der Waals surface area contributed by atoms with Crippen LogP contribution in [0.2, 0.25) is 0 Å². The van der Waals surface area contributed by atoms with Gasteiger partial charge in [0.1, 0.15) is 0 Å². The molecule has 22 heavy (non-hydrogen) atoms. The van der Waals surface area contributed by atoms with E-state index in [2.05, 4.69) is 27.7 Å². The molecular weight excluding hydrogens is 298 g/mol. The average molecular weight is 323 g/mol. The molecule has 1 saturated heterocycles. The zero-order valence-electron chi connectivity index (χ0n) is 13.2. The third-order valence-corrected chi connectivity index (χ3v) is 4.80. The highest BCUT2D eigenvalue weighted by Gasteiger charge is 2.21. The van der Waals surface area contributed by atoms with Crippen LogP contribution in [0.1, 0.15) is 24.6 Å². The van der Waals surface area contributed by atoms with E-state index in [-0.39, 0.29) is 11.8 Å². The number of nitrogens with zero attached hydrogens (tertiary/aromatic N) is 2. The molecule has 1 aromatic heterocycles. The van der Waals surface area contributed by atoms with E-state index in [9.17, 15) is 9.59 Å². The molecule has 1 aromatic rings. The number of piperazine rings is 1. The summed E-state index contributed by atoms with van der Waals surface area (Å²) in [6, 6.07) is 4.17. The summed E-state index contributed by atoms with van der Waals surface area (Å²) in [5.74, 6) is 0.312. The van der Waals surface area contributed by atoms with Gasteiger partial charge in [0, 0.05) is 44.0 Å². The molecule has 1 aliphatic rings. The Balaban J connectivity index is 1.63. The number of hydrogen-bond donors (Lipinski definition) is 1. The summed E-state index contributed by atoms with van der Waals surface area (Å²) in [5, 5.41) is 4.88. The fourth-order valence-electron chi connectivity index (χ4n) is 2.64. The van der Waals surface area contributed by atoms with Crippen LogP contribution in [0.5, 0.6) is 0 Å². The van der Waals surface area contributed by atoms with E-state index in [0.717, 1.165) is 39.0 Å². The van der Waals surface area contributed by atoms with Crippen LogP contribution < -0.4 is 5.32 Å². The number of aryl methyl sites for hydroxylation is 1. The monoisotopic (exact) mass is 323 g/mol. The number of carbonyl (C=O) groups is 2. The van der Waals surface area contributed by atoms with Crippen molar-refractivity contribution in [2.24, 2.45) is 0 Å². The van der Waals surface area contributed by atoms with Crippen molar-refractivity contribution in [3.05, 3.63) is 22.4 Å². The van der Waals surface area contributed by atoms with Crippen molar-refractivity contribution in [2.45, 2.75) is 26.2 Å². The summed E-state index contributed by atoms with van der Waals surface area (Å²) in [6.07, 6.45) is 2.52. The third kappa shape index (κ3) is 5.42. The van der Waals surface area contributed by atoms with E-state index in [1.807, 2.05) is 11.8 Å². The first-order chi connectivity index (χ1) is 10.7. The van der Waals surface area contributed by atoms with Crippen LogP contribution >= 0.6 is 11.3 Å². The van der Waals surface area contributed by atoms with E-state index in [4.69, 9.17) is 0 Å². The standard InChI is InChI=1S/C16H25N3O2S/c1-2-17-15(20)13-18-8-10-19(11-9-18)16(21)7-3-5-14-6-4-12-22-14/h4,6,12H,2-3,5,7-11,13H2,1H3,(H,17,20). The quantitative estimate of drug-likeness (QED) is 0.824. The van der Waals surface area contributed by atoms with E-state index in [1.54, 1.807) is 11.3 Å². The predicted molar refractivity (Wildman–Crippen MR) is 89.0 cm³/mol. The molecule has 0 spiro atoms. The van der Waals surface area contributed by atoms with Gasteiger partial charge < -0.3 is 10.2 Å². The lowest BCUT2D eigenvalue weighted by atomic mass is 10.2. The maximum atomic E-state index is 12.2. The Morgan fingerprint density at radius 1 is 1.27 bits per heavy atom. The highest BCUT2D eigenvalue weighted by atomic mass is 32.1. The Morgan fingerprint density at radius 2 is 2.05 bits per heavy atom. The van der Waals surface area contributed by atoms with Gasteiger partial charge in [0.05, 0.1) is 6.54 Å². The third-order valence-electron chi connectivity index (χ3n) is 3.86. The fourth-order valence-corrected chi connectivity index (χ4v) is 3.39. The lowest BCUT2D eigenvalue weighted by Gasteiger charge is -2.34. The highest BCUT2D eigenvalue weighted by Crippen LogP contribution is 2.13. The van der Waals surface area contributed by atoms with E-state index in [1.165, 1.54) is 4.88 Å². The lowest BCUT2D eigenvalue weighted by Crippen LogP contribution is -2.51. The van der Waals surface area contributed by atoms with Gasteiger partial charge in [-0.15, -0.1) is 11.3 Å². The van der Waals surface area contributed by atoms with Gasteiger partial charge in [0.2, 0.25) is 11.8 Å². The summed E-state index contributed by atoms with van der Waals surface area (Å²) in [6.45, 7) is 6.07. The van der Waals surface area contributed by atoms with Crippen molar-refractivity contribution in [1.82, 2.24) is 15.1 Å². The first-order valence-electron chi connectivity index (χ1n) is 7.98. The van der Waals surface area contributed by atoms with Crippen LogP contribution in [-0.2, 0) is 16.0 Å². The van der Waals surface area contributed by atoms with Gasteiger partial charge in [0.25, 0.3) is 0 Å². The fraction of sp³-hybridized carbons (Fsp3) is 0.625. The zero-order valence-corrected chi connectivity index (χ0v) is 14.0. The predicted octanol–water partition coefficient (Wildman–Crippen LogP) is 1.35. The van der Waals surface area contributed by atoms with Gasteiger partial charge in [-0.3, -0.25) is 14.5 Å². The first-order valence-corrected chi connectivity index (χ1v) is 8.86. The molecule has 0 bridgehead atoms. The molecule has 1 fully saturated rings. The molecule has 2 amide bonds. The molecule has 0 radical (unpaired) electrons. The van der Waals surface area contributed by atoms with Crippen molar-refractivity contribution < 1.29 is 9.59 Å². The SMILES string of the molecule is CCNC(=O)CN1CCN(C(=O)CCCc2cccs2)CC1. The van der Waals surface area contributed by atoms with Crippen LogP contribution in [0.3, 0.4) is 0 Å². The lowest BCUT2D eigenvalue weighted by molar-refractivity contribution is -0.133. The van der Waals surface area contributed by atoms with Gasteiger partial charge >= 0.3 is 0 Å². The second kappa shape index (κ2) is 8.90. The van der Waals surface area contributed by atoms with Crippen molar-refractivity contribution in [3.63, 3.8) is 0 Å². The number of thiophene rings is 1. The molecule has 5 nitrogen and oxygen atoms in total. The van der Waals surface area contributed by atoms with Gasteiger partial charge in [-0.25, -0.2) is 0 Å². The molecule has 0 atom stereocenters. The van der Waals surface area contributed by atoms with Crippen molar-refractivity contribution in [1.29, 1.82) is 0 Å². The van der Waals surface area contributed by atoms with Crippen LogP contribution in [-0.4, -0.2) is 60.9 Å². The summed E-state index contributed by atoms with van der Waals surface area (Å²) in [4.78, 5) is 29.1. The summed E-state index contributed by atoms with van der Waals surface area (Å²) < 4.78 is 0. The average Bonchev–Trinajstić information content (AvgIpc) is 3.01. The Hall–Kier alpha value is -1.40. The van der Waals surface area contributed by atoms with Crippen LogP contribution in [0.25, 0.3) is 0 Å². The molecule has 0 unspecified atom stereocenters. The number of likely N-dealkylation sites (N-methyl/N-ethyl adjacent to an activating group) is 1. The topological polar surface area (TPSA) is 52.7 Å². The van der Waals surface area contributed by atoms with Crippen molar-refractivity contribution in [3.8, 4) is 0 Å². The Morgan fingerprint density at radius 3 is 2.68 bits per heavy atom. The zero-order chi connectivity index (χ0) is 15.8. The number of nitrogens with one attached hydrogen (secondary N) is 1. The minimum absolute atomic E-state index is 0.0678. The van der Waals surface area contributed by atoms with E-state index < -0.39 is 0 Å². The molecule has 2 rings (SSSR count).